The molecule has 1 unspecified atom stereocenters. The maximum Gasteiger partial charge on any atom is 0.227 e. The van der Waals surface area contributed by atoms with Gasteiger partial charge in [0, 0.05) is 57.2 Å². The maximum atomic E-state index is 13.4. The van der Waals surface area contributed by atoms with Crippen molar-refractivity contribution in [1.29, 1.82) is 0 Å². The van der Waals surface area contributed by atoms with E-state index in [0.717, 1.165) is 80.9 Å². The van der Waals surface area contributed by atoms with Crippen LogP contribution in [0.25, 0.3) is 0 Å². The predicted molar refractivity (Wildman–Crippen MR) is 140 cm³/mol. The molecule has 0 spiro atoms. The summed E-state index contributed by atoms with van der Waals surface area (Å²) in [7, 11) is 0. The fourth-order valence-electron chi connectivity index (χ4n) is 5.00. The first-order valence-corrected chi connectivity index (χ1v) is 13.4. The number of hydrogen-bond acceptors (Lipinski definition) is 7. The molecule has 7 nitrogen and oxygen atoms in total. The molecule has 5 rings (SSSR count). The van der Waals surface area contributed by atoms with Crippen LogP contribution in [-0.2, 0) is 11.2 Å². The first kappa shape index (κ1) is 23.6. The summed E-state index contributed by atoms with van der Waals surface area (Å²) < 4.78 is 10.4. The van der Waals surface area contributed by atoms with Gasteiger partial charge < -0.3 is 19.4 Å². The van der Waals surface area contributed by atoms with Gasteiger partial charge in [0.1, 0.15) is 11.6 Å². The topological polar surface area (TPSA) is 61.8 Å². The molecule has 2 saturated heterocycles. The zero-order valence-electron chi connectivity index (χ0n) is 20.3. The third-order valence-electron chi connectivity index (χ3n) is 6.80. The molecule has 0 N–H and O–H groups in total. The molecule has 35 heavy (non-hydrogen) atoms. The van der Waals surface area contributed by atoms with Crippen LogP contribution in [0.4, 0.5) is 10.8 Å². The Morgan fingerprint density at radius 1 is 1.00 bits per heavy atom. The summed E-state index contributed by atoms with van der Waals surface area (Å²) in [5.74, 6) is 2.07. The monoisotopic (exact) mass is 491 g/mol. The van der Waals surface area contributed by atoms with Crippen LogP contribution in [0.15, 0.2) is 54.6 Å². The van der Waals surface area contributed by atoms with Crippen molar-refractivity contribution >= 4 is 28.3 Å². The van der Waals surface area contributed by atoms with Crippen LogP contribution in [0.5, 0.6) is 5.75 Å². The molecule has 2 aliphatic rings. The molecule has 2 aromatic carbocycles. The smallest absolute Gasteiger partial charge is 0.227 e. The molecule has 1 atom stereocenters. The molecule has 1 amide bonds. The van der Waals surface area contributed by atoms with Crippen LogP contribution in [0.1, 0.15) is 31.2 Å². The van der Waals surface area contributed by atoms with Gasteiger partial charge in [-0.1, -0.05) is 42.5 Å². The van der Waals surface area contributed by atoms with Crippen molar-refractivity contribution in [3.05, 3.63) is 66.0 Å². The van der Waals surface area contributed by atoms with E-state index in [1.807, 2.05) is 43.3 Å². The summed E-state index contributed by atoms with van der Waals surface area (Å²) in [6, 6.07) is 18.5. The van der Waals surface area contributed by atoms with Gasteiger partial charge in [0.25, 0.3) is 0 Å². The minimum atomic E-state index is 0.0208. The van der Waals surface area contributed by atoms with Crippen molar-refractivity contribution in [2.75, 3.05) is 55.7 Å². The fourth-order valence-corrected chi connectivity index (χ4v) is 5.72. The van der Waals surface area contributed by atoms with Gasteiger partial charge in [-0.3, -0.25) is 4.79 Å². The first-order chi connectivity index (χ1) is 17.2. The summed E-state index contributed by atoms with van der Waals surface area (Å²) in [5.41, 5.74) is 2.33. The van der Waals surface area contributed by atoms with Gasteiger partial charge in [-0.05, 0) is 37.5 Å². The Labute approximate surface area is 211 Å². The Morgan fingerprint density at radius 2 is 1.77 bits per heavy atom. The molecule has 3 aromatic rings. The molecule has 0 aliphatic carbocycles. The molecular formula is C27H33N5O2S. The number of piperazine rings is 1. The largest absolute Gasteiger partial charge is 0.492 e. The third kappa shape index (κ3) is 5.59. The third-order valence-corrected chi connectivity index (χ3v) is 7.62. The fraction of sp³-hybridized carbons (Fsp3) is 0.444. The molecular weight excluding hydrogens is 458 g/mol. The molecule has 0 bridgehead atoms. The Hall–Kier alpha value is -3.13. The van der Waals surface area contributed by atoms with Gasteiger partial charge in [0.15, 0.2) is 0 Å². The van der Waals surface area contributed by atoms with Gasteiger partial charge in [-0.15, -0.1) is 0 Å². The Balaban J connectivity index is 1.17. The highest BCUT2D eigenvalue weighted by Gasteiger charge is 2.32. The number of carbonyl (C=O) groups excluding carboxylic acids is 1. The number of ether oxygens (including phenoxy) is 1. The van der Waals surface area contributed by atoms with E-state index in [1.54, 1.807) is 0 Å². The van der Waals surface area contributed by atoms with Crippen molar-refractivity contribution in [3.63, 3.8) is 0 Å². The molecule has 0 saturated carbocycles. The number of anilines is 2. The lowest BCUT2D eigenvalue weighted by Crippen LogP contribution is -2.52. The Bertz CT molecular complexity index is 1110. The second-order valence-electron chi connectivity index (χ2n) is 9.15. The zero-order valence-corrected chi connectivity index (χ0v) is 21.1. The van der Waals surface area contributed by atoms with E-state index in [9.17, 15) is 4.79 Å². The Morgan fingerprint density at radius 3 is 2.57 bits per heavy atom. The van der Waals surface area contributed by atoms with Gasteiger partial charge in [-0.25, -0.2) is 4.98 Å². The number of rotatable bonds is 7. The van der Waals surface area contributed by atoms with E-state index in [2.05, 4.69) is 37.3 Å². The average molecular weight is 492 g/mol. The van der Waals surface area contributed by atoms with Gasteiger partial charge in [0.2, 0.25) is 11.0 Å². The number of nitrogens with zero attached hydrogens (tertiary/aromatic N) is 5. The highest BCUT2D eigenvalue weighted by molar-refractivity contribution is 7.09. The molecule has 184 valence electrons. The molecule has 2 fully saturated rings. The minimum Gasteiger partial charge on any atom is -0.492 e. The standard InChI is InChI=1S/C27H33N5O2S/c1-2-34-24-13-7-6-12-23(24)30-15-17-31(18-16-30)26(33)22-11-8-14-32(20-22)27-28-25(29-35-27)19-21-9-4-3-5-10-21/h3-7,9-10,12-13,22H,2,8,11,14-20H2,1H3. The van der Waals surface area contributed by atoms with Crippen LogP contribution < -0.4 is 14.5 Å². The quantitative estimate of drug-likeness (QED) is 0.496. The lowest BCUT2D eigenvalue weighted by Gasteiger charge is -2.40. The van der Waals surface area contributed by atoms with Gasteiger partial charge in [-0.2, -0.15) is 4.37 Å². The van der Waals surface area contributed by atoms with Crippen molar-refractivity contribution in [1.82, 2.24) is 14.3 Å². The van der Waals surface area contributed by atoms with Crippen molar-refractivity contribution in [2.45, 2.75) is 26.2 Å². The van der Waals surface area contributed by atoms with E-state index in [4.69, 9.17) is 9.72 Å². The normalized spacial score (nSPS) is 18.5. The van der Waals surface area contributed by atoms with E-state index >= 15 is 0 Å². The van der Waals surface area contributed by atoms with Gasteiger partial charge >= 0.3 is 0 Å². The number of aromatic nitrogens is 2. The summed E-state index contributed by atoms with van der Waals surface area (Å²) >= 11 is 1.45. The summed E-state index contributed by atoms with van der Waals surface area (Å²) in [6.07, 6.45) is 2.69. The van der Waals surface area contributed by atoms with E-state index in [-0.39, 0.29) is 11.8 Å². The number of benzene rings is 2. The number of amides is 1. The molecule has 3 heterocycles. The maximum absolute atomic E-state index is 13.4. The van der Waals surface area contributed by atoms with Crippen molar-refractivity contribution < 1.29 is 9.53 Å². The number of piperidine rings is 1. The molecule has 1 aromatic heterocycles. The number of carbonyl (C=O) groups is 1. The van der Waals surface area contributed by atoms with Crippen LogP contribution in [0, 0.1) is 5.92 Å². The SMILES string of the molecule is CCOc1ccccc1N1CCN(C(=O)C2CCCN(c3nc(Cc4ccccc4)ns3)C2)CC1. The van der Waals surface area contributed by atoms with Gasteiger partial charge in [0.05, 0.1) is 18.2 Å². The minimum absolute atomic E-state index is 0.0208. The highest BCUT2D eigenvalue weighted by atomic mass is 32.1. The highest BCUT2D eigenvalue weighted by Crippen LogP contribution is 2.30. The lowest BCUT2D eigenvalue weighted by molar-refractivity contribution is -0.136. The van der Waals surface area contributed by atoms with Crippen LogP contribution >= 0.6 is 11.5 Å². The first-order valence-electron chi connectivity index (χ1n) is 12.6. The van der Waals surface area contributed by atoms with Crippen LogP contribution in [0.3, 0.4) is 0 Å². The Kier molecular flexibility index (Phi) is 7.47. The van der Waals surface area contributed by atoms with E-state index in [0.29, 0.717) is 6.61 Å². The van der Waals surface area contributed by atoms with E-state index < -0.39 is 0 Å². The molecule has 8 heteroatoms. The van der Waals surface area contributed by atoms with Crippen molar-refractivity contribution in [3.8, 4) is 5.75 Å². The van der Waals surface area contributed by atoms with Crippen molar-refractivity contribution in [2.24, 2.45) is 5.92 Å². The second-order valence-corrected chi connectivity index (χ2v) is 9.88. The predicted octanol–water partition coefficient (Wildman–Crippen LogP) is 4.09. The molecule has 0 radical (unpaired) electrons. The molecule has 2 aliphatic heterocycles. The lowest BCUT2D eigenvalue weighted by atomic mass is 9.96. The van der Waals surface area contributed by atoms with E-state index in [1.165, 1.54) is 17.1 Å². The average Bonchev–Trinajstić information content (AvgIpc) is 3.38. The summed E-state index contributed by atoms with van der Waals surface area (Å²) in [4.78, 5) is 24.8. The van der Waals surface area contributed by atoms with Crippen LogP contribution in [0.2, 0.25) is 0 Å². The summed E-state index contributed by atoms with van der Waals surface area (Å²) in [6.45, 7) is 7.46. The number of para-hydroxylation sites is 2. The number of hydrogen-bond donors (Lipinski definition) is 0. The van der Waals surface area contributed by atoms with Crippen LogP contribution in [-0.4, -0.2) is 66.0 Å². The second kappa shape index (κ2) is 11.1. The zero-order chi connectivity index (χ0) is 24.0. The summed E-state index contributed by atoms with van der Waals surface area (Å²) in [5, 5.41) is 0.936.